The molecule has 0 unspecified atom stereocenters. The van der Waals surface area contributed by atoms with E-state index in [2.05, 4.69) is 20.8 Å². The van der Waals surface area contributed by atoms with Gasteiger partial charge in [-0.05, 0) is 47.0 Å². The summed E-state index contributed by atoms with van der Waals surface area (Å²) in [4.78, 5) is 0. The maximum Gasteiger partial charge on any atom is 0.528 e. The number of hydrogen-bond donors (Lipinski definition) is 0. The lowest BCUT2D eigenvalue weighted by molar-refractivity contribution is -0.0293. The Morgan fingerprint density at radius 3 is 1.35 bits per heavy atom. The third kappa shape index (κ3) is 9.88. The quantitative estimate of drug-likeness (QED) is 0.607. The van der Waals surface area contributed by atoms with Crippen LogP contribution >= 0.6 is 0 Å². The molecule has 20 heavy (non-hydrogen) atoms. The molecule has 0 saturated carbocycles. The zero-order chi connectivity index (χ0) is 16.0. The Hall–Kier alpha value is 0.0569. The lowest BCUT2D eigenvalue weighted by atomic mass is 9.99. The van der Waals surface area contributed by atoms with E-state index in [-0.39, 0.29) is 23.7 Å². The molecule has 0 rings (SSSR count). The van der Waals surface area contributed by atoms with Crippen LogP contribution in [0, 0.1) is 5.41 Å². The summed E-state index contributed by atoms with van der Waals surface area (Å²) in [5.74, 6) is 0. The fourth-order valence-electron chi connectivity index (χ4n) is 1.74. The van der Waals surface area contributed by atoms with E-state index in [1.165, 1.54) is 0 Å². The first-order valence-electron chi connectivity index (χ1n) is 7.57. The van der Waals surface area contributed by atoms with Crippen molar-refractivity contribution in [2.75, 3.05) is 12.8 Å². The highest BCUT2D eigenvalue weighted by Crippen LogP contribution is 2.20. The van der Waals surface area contributed by atoms with Crippen molar-refractivity contribution in [1.82, 2.24) is 0 Å². The standard InChI is InChI=1S/C15H34O4Si/c1-12(2)17-20(18-13(3)4,19-14(5)6)11-16-10-15(7,8)9/h12-14H,10-11H2,1-9H3. The van der Waals surface area contributed by atoms with Crippen LogP contribution in [-0.2, 0) is 18.0 Å². The van der Waals surface area contributed by atoms with Crippen molar-refractivity contribution < 1.29 is 18.0 Å². The van der Waals surface area contributed by atoms with E-state index in [9.17, 15) is 0 Å². The van der Waals surface area contributed by atoms with Crippen LogP contribution in [0.25, 0.3) is 0 Å². The summed E-state index contributed by atoms with van der Waals surface area (Å²) >= 11 is 0. The van der Waals surface area contributed by atoms with E-state index in [0.717, 1.165) is 0 Å². The topological polar surface area (TPSA) is 36.9 Å². The van der Waals surface area contributed by atoms with Gasteiger partial charge in [-0.3, -0.25) is 0 Å². The van der Waals surface area contributed by atoms with Gasteiger partial charge in [0.1, 0.15) is 6.23 Å². The first-order chi connectivity index (χ1) is 8.96. The lowest BCUT2D eigenvalue weighted by Gasteiger charge is -2.34. The first-order valence-corrected chi connectivity index (χ1v) is 9.50. The van der Waals surface area contributed by atoms with Gasteiger partial charge in [0, 0.05) is 18.3 Å². The maximum atomic E-state index is 6.04. The lowest BCUT2D eigenvalue weighted by Crippen LogP contribution is -2.55. The van der Waals surface area contributed by atoms with Crippen molar-refractivity contribution in [3.8, 4) is 0 Å². The highest BCUT2D eigenvalue weighted by Gasteiger charge is 2.45. The molecule has 0 aliphatic rings. The molecule has 0 bridgehead atoms. The molecule has 0 atom stereocenters. The van der Waals surface area contributed by atoms with E-state index >= 15 is 0 Å². The van der Waals surface area contributed by atoms with Crippen molar-refractivity contribution in [1.29, 1.82) is 0 Å². The molecule has 0 aromatic carbocycles. The Bertz CT molecular complexity index is 233. The molecule has 0 saturated heterocycles. The van der Waals surface area contributed by atoms with Crippen molar-refractivity contribution in [3.63, 3.8) is 0 Å². The van der Waals surface area contributed by atoms with Crippen LogP contribution in [-0.4, -0.2) is 40.0 Å². The largest absolute Gasteiger partial charge is 0.528 e. The summed E-state index contributed by atoms with van der Waals surface area (Å²) in [6.07, 6.45) is 0.561. The zero-order valence-electron chi connectivity index (χ0n) is 14.8. The molecule has 0 radical (unpaired) electrons. The van der Waals surface area contributed by atoms with Gasteiger partial charge in [-0.1, -0.05) is 20.8 Å². The Kier molecular flexibility index (Phi) is 8.51. The molecule has 0 amide bonds. The van der Waals surface area contributed by atoms with E-state index in [4.69, 9.17) is 18.0 Å². The molecule has 0 heterocycles. The fourth-order valence-corrected chi connectivity index (χ4v) is 4.62. The Balaban J connectivity index is 4.86. The van der Waals surface area contributed by atoms with E-state index in [0.29, 0.717) is 12.8 Å². The molecule has 0 fully saturated rings. The summed E-state index contributed by atoms with van der Waals surface area (Å²) in [7, 11) is -2.81. The van der Waals surface area contributed by atoms with Gasteiger partial charge in [-0.15, -0.1) is 0 Å². The normalized spacial score (nSPS) is 13.8. The van der Waals surface area contributed by atoms with E-state index < -0.39 is 8.80 Å². The molecular formula is C15H34O4Si. The van der Waals surface area contributed by atoms with Gasteiger partial charge in [-0.25, -0.2) is 0 Å². The molecule has 0 aromatic rings. The van der Waals surface area contributed by atoms with Crippen molar-refractivity contribution in [2.45, 2.75) is 80.6 Å². The van der Waals surface area contributed by atoms with Gasteiger partial charge in [-0.2, -0.15) is 0 Å². The molecule has 0 aromatic heterocycles. The van der Waals surface area contributed by atoms with Gasteiger partial charge < -0.3 is 18.0 Å². The predicted molar refractivity (Wildman–Crippen MR) is 84.7 cm³/mol. The number of hydrogen-bond acceptors (Lipinski definition) is 4. The maximum absolute atomic E-state index is 6.04. The van der Waals surface area contributed by atoms with Gasteiger partial charge in [0.15, 0.2) is 0 Å². The van der Waals surface area contributed by atoms with Crippen molar-refractivity contribution >= 4 is 8.80 Å². The van der Waals surface area contributed by atoms with Crippen LogP contribution < -0.4 is 0 Å². The summed E-state index contributed by atoms with van der Waals surface area (Å²) < 4.78 is 24.0. The minimum absolute atomic E-state index is 0.0532. The molecule has 4 nitrogen and oxygen atoms in total. The minimum Gasteiger partial charge on any atom is -0.376 e. The molecular weight excluding hydrogens is 272 g/mol. The third-order valence-electron chi connectivity index (χ3n) is 2.06. The molecule has 0 spiro atoms. The Labute approximate surface area is 126 Å². The minimum atomic E-state index is -2.81. The second-order valence-electron chi connectivity index (χ2n) is 7.24. The van der Waals surface area contributed by atoms with Crippen LogP contribution in [0.4, 0.5) is 0 Å². The summed E-state index contributed by atoms with van der Waals surface area (Å²) in [6.45, 7) is 19.1. The third-order valence-corrected chi connectivity index (χ3v) is 5.11. The summed E-state index contributed by atoms with van der Waals surface area (Å²) in [5.41, 5.74) is 0.119. The van der Waals surface area contributed by atoms with Crippen LogP contribution in [0.5, 0.6) is 0 Å². The highest BCUT2D eigenvalue weighted by molar-refractivity contribution is 6.60. The average Bonchev–Trinajstić information content (AvgIpc) is 2.10. The zero-order valence-corrected chi connectivity index (χ0v) is 15.8. The number of ether oxygens (including phenoxy) is 1. The van der Waals surface area contributed by atoms with Crippen LogP contribution in [0.2, 0.25) is 0 Å². The second-order valence-corrected chi connectivity index (χ2v) is 9.60. The average molecular weight is 307 g/mol. The highest BCUT2D eigenvalue weighted by atomic mass is 28.4. The second kappa shape index (κ2) is 8.49. The van der Waals surface area contributed by atoms with Crippen LogP contribution in [0.1, 0.15) is 62.3 Å². The van der Waals surface area contributed by atoms with Gasteiger partial charge in [0.05, 0.1) is 6.61 Å². The van der Waals surface area contributed by atoms with E-state index in [1.54, 1.807) is 0 Å². The van der Waals surface area contributed by atoms with Crippen LogP contribution in [0.15, 0.2) is 0 Å². The molecule has 0 N–H and O–H groups in total. The predicted octanol–water partition coefficient (Wildman–Crippen LogP) is 3.80. The van der Waals surface area contributed by atoms with Crippen molar-refractivity contribution in [2.24, 2.45) is 5.41 Å². The monoisotopic (exact) mass is 306 g/mol. The molecule has 0 aliphatic heterocycles. The Morgan fingerprint density at radius 1 is 0.750 bits per heavy atom. The van der Waals surface area contributed by atoms with Crippen molar-refractivity contribution in [3.05, 3.63) is 0 Å². The van der Waals surface area contributed by atoms with E-state index in [1.807, 2.05) is 41.5 Å². The van der Waals surface area contributed by atoms with Gasteiger partial charge in [0.25, 0.3) is 0 Å². The summed E-state index contributed by atoms with van der Waals surface area (Å²) in [6, 6.07) is 0. The first kappa shape index (κ1) is 20.1. The molecule has 0 aliphatic carbocycles. The molecule has 122 valence electrons. The van der Waals surface area contributed by atoms with Gasteiger partial charge in [0.2, 0.25) is 0 Å². The summed E-state index contributed by atoms with van der Waals surface area (Å²) in [5, 5.41) is 0. The Morgan fingerprint density at radius 2 is 1.10 bits per heavy atom. The SMILES string of the molecule is CC(C)O[Si](COCC(C)(C)C)(OC(C)C)OC(C)C. The smallest absolute Gasteiger partial charge is 0.376 e. The van der Waals surface area contributed by atoms with Crippen LogP contribution in [0.3, 0.4) is 0 Å². The molecule has 5 heteroatoms. The fraction of sp³-hybridized carbons (Fsp3) is 1.00. The van der Waals surface area contributed by atoms with Gasteiger partial charge >= 0.3 is 8.80 Å². The number of rotatable bonds is 9.